The Kier molecular flexibility index (Phi) is 3.84. The molecule has 0 radical (unpaired) electrons. The molecule has 2 heterocycles. The van der Waals surface area contributed by atoms with Gasteiger partial charge in [0.2, 0.25) is 0 Å². The van der Waals surface area contributed by atoms with Gasteiger partial charge in [-0.25, -0.2) is 4.79 Å². The van der Waals surface area contributed by atoms with E-state index in [0.717, 1.165) is 19.5 Å². The van der Waals surface area contributed by atoms with E-state index in [1.807, 2.05) is 32.0 Å². The van der Waals surface area contributed by atoms with E-state index in [1.165, 1.54) is 25.7 Å². The third-order valence-corrected chi connectivity index (χ3v) is 4.72. The zero-order valence-electron chi connectivity index (χ0n) is 13.4. The molecule has 5 nitrogen and oxygen atoms in total. The highest BCUT2D eigenvalue weighted by atomic mass is 16.6. The molecule has 0 aromatic carbocycles. The van der Waals surface area contributed by atoms with Gasteiger partial charge in [0, 0.05) is 19.1 Å². The highest BCUT2D eigenvalue weighted by Gasteiger charge is 2.41. The molecule has 0 N–H and O–H groups in total. The van der Waals surface area contributed by atoms with Gasteiger partial charge in [-0.15, -0.1) is 0 Å². The number of aliphatic imine (C=N–C) groups is 1. The summed E-state index contributed by atoms with van der Waals surface area (Å²) in [7, 11) is 0. The standard InChI is InChI=1S/C16H27N3O2/c1-16(2,3)21-15(20)18-9-8-13-14(10-18)19(11-17-13)12-6-4-5-7-12/h11-14H,4-10H2,1-3H3. The largest absolute Gasteiger partial charge is 0.444 e. The third kappa shape index (κ3) is 3.16. The summed E-state index contributed by atoms with van der Waals surface area (Å²) in [5.41, 5.74) is -0.425. The molecule has 118 valence electrons. The van der Waals surface area contributed by atoms with Gasteiger partial charge in [-0.1, -0.05) is 12.8 Å². The lowest BCUT2D eigenvalue weighted by Crippen LogP contribution is -2.55. The van der Waals surface area contributed by atoms with Gasteiger partial charge in [-0.3, -0.25) is 4.99 Å². The van der Waals surface area contributed by atoms with Crippen molar-refractivity contribution in [2.45, 2.75) is 76.6 Å². The van der Waals surface area contributed by atoms with Crippen molar-refractivity contribution in [3.05, 3.63) is 0 Å². The molecule has 1 saturated carbocycles. The fourth-order valence-corrected chi connectivity index (χ4v) is 3.69. The van der Waals surface area contributed by atoms with E-state index in [2.05, 4.69) is 9.89 Å². The number of hydrogen-bond acceptors (Lipinski definition) is 4. The molecule has 2 unspecified atom stereocenters. The first-order chi connectivity index (χ1) is 9.94. The maximum absolute atomic E-state index is 12.3. The second-order valence-corrected chi connectivity index (χ2v) is 7.50. The van der Waals surface area contributed by atoms with Crippen LogP contribution in [0.1, 0.15) is 52.9 Å². The molecule has 1 amide bonds. The predicted octanol–water partition coefficient (Wildman–Crippen LogP) is 2.65. The van der Waals surface area contributed by atoms with E-state index in [0.29, 0.717) is 18.1 Å². The van der Waals surface area contributed by atoms with Crippen LogP contribution in [0.15, 0.2) is 4.99 Å². The Bertz CT molecular complexity index is 424. The molecule has 3 rings (SSSR count). The highest BCUT2D eigenvalue weighted by molar-refractivity contribution is 5.69. The number of amides is 1. The van der Waals surface area contributed by atoms with Crippen LogP contribution in [0, 0.1) is 0 Å². The SMILES string of the molecule is CC(C)(C)OC(=O)N1CCC2N=CN(C3CCCC3)C2C1. The van der Waals surface area contributed by atoms with Crippen molar-refractivity contribution in [2.75, 3.05) is 13.1 Å². The van der Waals surface area contributed by atoms with Gasteiger partial charge in [0.1, 0.15) is 5.60 Å². The number of rotatable bonds is 1. The number of carbonyl (C=O) groups excluding carboxylic acids is 1. The summed E-state index contributed by atoms with van der Waals surface area (Å²) in [4.78, 5) is 21.2. The predicted molar refractivity (Wildman–Crippen MR) is 82.6 cm³/mol. The first-order valence-corrected chi connectivity index (χ1v) is 8.23. The summed E-state index contributed by atoms with van der Waals surface area (Å²) >= 11 is 0. The van der Waals surface area contributed by atoms with Gasteiger partial charge in [0.05, 0.1) is 18.4 Å². The van der Waals surface area contributed by atoms with Crippen molar-refractivity contribution in [1.29, 1.82) is 0 Å². The zero-order valence-corrected chi connectivity index (χ0v) is 13.4. The quantitative estimate of drug-likeness (QED) is 0.746. The van der Waals surface area contributed by atoms with E-state index in [4.69, 9.17) is 4.74 Å². The van der Waals surface area contributed by atoms with Crippen LogP contribution in [0.2, 0.25) is 0 Å². The molecule has 0 aromatic rings. The van der Waals surface area contributed by atoms with E-state index in [-0.39, 0.29) is 6.09 Å². The Balaban J connectivity index is 1.63. The molecule has 0 bridgehead atoms. The smallest absolute Gasteiger partial charge is 0.410 e. The van der Waals surface area contributed by atoms with Crippen molar-refractivity contribution < 1.29 is 9.53 Å². The monoisotopic (exact) mass is 293 g/mol. The maximum atomic E-state index is 12.3. The highest BCUT2D eigenvalue weighted by Crippen LogP contribution is 2.31. The molecular weight excluding hydrogens is 266 g/mol. The van der Waals surface area contributed by atoms with Gasteiger partial charge < -0.3 is 14.5 Å². The van der Waals surface area contributed by atoms with E-state index in [9.17, 15) is 4.79 Å². The Morgan fingerprint density at radius 1 is 1.24 bits per heavy atom. The molecule has 2 aliphatic heterocycles. The summed E-state index contributed by atoms with van der Waals surface area (Å²) in [5, 5.41) is 0. The minimum absolute atomic E-state index is 0.181. The van der Waals surface area contributed by atoms with Crippen molar-refractivity contribution in [3.8, 4) is 0 Å². The molecule has 1 aliphatic carbocycles. The van der Waals surface area contributed by atoms with Crippen LogP contribution in [0.3, 0.4) is 0 Å². The lowest BCUT2D eigenvalue weighted by Gasteiger charge is -2.40. The van der Waals surface area contributed by atoms with Gasteiger partial charge >= 0.3 is 6.09 Å². The Hall–Kier alpha value is -1.26. The molecular formula is C16H27N3O2. The number of likely N-dealkylation sites (tertiary alicyclic amines) is 1. The first-order valence-electron chi connectivity index (χ1n) is 8.23. The van der Waals surface area contributed by atoms with Crippen LogP contribution in [0.4, 0.5) is 4.79 Å². The van der Waals surface area contributed by atoms with E-state index < -0.39 is 5.60 Å². The lowest BCUT2D eigenvalue weighted by atomic mass is 9.98. The number of carbonyl (C=O) groups is 1. The van der Waals surface area contributed by atoms with Crippen LogP contribution in [0.25, 0.3) is 0 Å². The molecule has 3 aliphatic rings. The van der Waals surface area contributed by atoms with Crippen LogP contribution in [-0.4, -0.2) is 59.0 Å². The molecule has 0 aromatic heterocycles. The average Bonchev–Trinajstić information content (AvgIpc) is 3.04. The van der Waals surface area contributed by atoms with Crippen LogP contribution < -0.4 is 0 Å². The van der Waals surface area contributed by atoms with Crippen molar-refractivity contribution >= 4 is 12.4 Å². The average molecular weight is 293 g/mol. The van der Waals surface area contributed by atoms with Gasteiger partial charge in [0.25, 0.3) is 0 Å². The topological polar surface area (TPSA) is 45.1 Å². The summed E-state index contributed by atoms with van der Waals surface area (Å²) in [5.74, 6) is 0. The molecule has 0 spiro atoms. The van der Waals surface area contributed by atoms with E-state index in [1.54, 1.807) is 0 Å². The van der Waals surface area contributed by atoms with Crippen molar-refractivity contribution in [3.63, 3.8) is 0 Å². The lowest BCUT2D eigenvalue weighted by molar-refractivity contribution is 0.0131. The number of ether oxygens (including phenoxy) is 1. The normalized spacial score (nSPS) is 29.9. The number of fused-ring (bicyclic) bond motifs is 1. The fraction of sp³-hybridized carbons (Fsp3) is 0.875. The minimum atomic E-state index is -0.425. The van der Waals surface area contributed by atoms with Gasteiger partial charge in [-0.2, -0.15) is 0 Å². The molecule has 5 heteroatoms. The van der Waals surface area contributed by atoms with Gasteiger partial charge in [-0.05, 0) is 40.0 Å². The van der Waals surface area contributed by atoms with E-state index >= 15 is 0 Å². The third-order valence-electron chi connectivity index (χ3n) is 4.72. The fourth-order valence-electron chi connectivity index (χ4n) is 3.69. The first kappa shape index (κ1) is 14.7. The maximum Gasteiger partial charge on any atom is 0.410 e. The van der Waals surface area contributed by atoms with Crippen LogP contribution >= 0.6 is 0 Å². The summed E-state index contributed by atoms with van der Waals surface area (Å²) in [6.07, 6.45) is 7.99. The Labute approximate surface area is 127 Å². The Morgan fingerprint density at radius 2 is 1.95 bits per heavy atom. The van der Waals surface area contributed by atoms with Gasteiger partial charge in [0.15, 0.2) is 0 Å². The summed E-state index contributed by atoms with van der Waals surface area (Å²) in [6, 6.07) is 1.35. The number of hydrogen-bond donors (Lipinski definition) is 0. The number of piperidine rings is 1. The van der Waals surface area contributed by atoms with Crippen molar-refractivity contribution in [1.82, 2.24) is 9.80 Å². The minimum Gasteiger partial charge on any atom is -0.444 e. The summed E-state index contributed by atoms with van der Waals surface area (Å²) < 4.78 is 5.51. The second kappa shape index (κ2) is 5.50. The molecule has 2 atom stereocenters. The Morgan fingerprint density at radius 3 is 2.62 bits per heavy atom. The summed E-state index contributed by atoms with van der Waals surface area (Å²) in [6.45, 7) is 7.26. The molecule has 1 saturated heterocycles. The molecule has 2 fully saturated rings. The molecule has 21 heavy (non-hydrogen) atoms. The second-order valence-electron chi connectivity index (χ2n) is 7.50. The van der Waals surface area contributed by atoms with Crippen molar-refractivity contribution in [2.24, 2.45) is 4.99 Å². The van der Waals surface area contributed by atoms with Crippen LogP contribution in [0.5, 0.6) is 0 Å². The zero-order chi connectivity index (χ0) is 15.0. The number of nitrogens with zero attached hydrogens (tertiary/aromatic N) is 3. The van der Waals surface area contributed by atoms with Crippen LogP contribution in [-0.2, 0) is 4.74 Å².